The minimum Gasteiger partial charge on any atom is -0.203 e. The summed E-state index contributed by atoms with van der Waals surface area (Å²) >= 11 is 0. The van der Waals surface area contributed by atoms with Crippen molar-refractivity contribution in [1.82, 2.24) is 0 Å². The molecule has 3 rings (SSSR count). The van der Waals surface area contributed by atoms with Gasteiger partial charge in [0.05, 0.1) is 5.56 Å². The molecule has 0 unspecified atom stereocenters. The second-order valence-electron chi connectivity index (χ2n) is 7.41. The lowest BCUT2D eigenvalue weighted by Crippen LogP contribution is -2.13. The predicted molar refractivity (Wildman–Crippen MR) is 96.4 cm³/mol. The Morgan fingerprint density at radius 2 is 1.48 bits per heavy atom. The third-order valence-corrected chi connectivity index (χ3v) is 5.62. The maximum absolute atomic E-state index is 14.2. The fourth-order valence-corrected chi connectivity index (χ4v) is 4.12. The van der Waals surface area contributed by atoms with Crippen molar-refractivity contribution >= 4 is 0 Å². The lowest BCUT2D eigenvalue weighted by molar-refractivity contribution is -0.140. The second kappa shape index (κ2) is 7.99. The third-order valence-electron chi connectivity index (χ3n) is 5.62. The van der Waals surface area contributed by atoms with Crippen molar-refractivity contribution in [2.24, 2.45) is 5.92 Å². The number of benzene rings is 2. The maximum atomic E-state index is 14.2. The van der Waals surface area contributed by atoms with Gasteiger partial charge in [0.1, 0.15) is 0 Å². The molecule has 1 saturated carbocycles. The van der Waals surface area contributed by atoms with Crippen LogP contribution in [-0.2, 0) is 6.18 Å². The minimum atomic E-state index is -4.91. The number of halogens is 5. The van der Waals surface area contributed by atoms with Crippen LogP contribution in [0.1, 0.15) is 62.5 Å². The molecule has 2 aromatic carbocycles. The van der Waals surface area contributed by atoms with E-state index in [4.69, 9.17) is 0 Å². The van der Waals surface area contributed by atoms with E-state index in [2.05, 4.69) is 6.92 Å². The molecule has 0 amide bonds. The van der Waals surface area contributed by atoms with Crippen molar-refractivity contribution < 1.29 is 22.0 Å². The van der Waals surface area contributed by atoms with Crippen LogP contribution >= 0.6 is 0 Å². The van der Waals surface area contributed by atoms with Crippen LogP contribution in [0.5, 0.6) is 0 Å². The molecular weight excluding hydrogens is 359 g/mol. The number of hydrogen-bond donors (Lipinski definition) is 0. The summed E-state index contributed by atoms with van der Waals surface area (Å²) in [6.45, 7) is 2.20. The van der Waals surface area contributed by atoms with E-state index < -0.39 is 23.4 Å². The van der Waals surface area contributed by atoms with Gasteiger partial charge in [0.25, 0.3) is 0 Å². The topological polar surface area (TPSA) is 0 Å². The average molecular weight is 382 g/mol. The second-order valence-corrected chi connectivity index (χ2v) is 7.41. The molecule has 0 aromatic heterocycles. The van der Waals surface area contributed by atoms with Gasteiger partial charge in [0, 0.05) is 5.56 Å². The van der Waals surface area contributed by atoms with Crippen LogP contribution in [0, 0.1) is 17.6 Å². The van der Waals surface area contributed by atoms with Gasteiger partial charge in [0.15, 0.2) is 11.6 Å². The van der Waals surface area contributed by atoms with Gasteiger partial charge < -0.3 is 0 Å². The van der Waals surface area contributed by atoms with E-state index in [1.165, 1.54) is 25.7 Å². The van der Waals surface area contributed by atoms with Crippen molar-refractivity contribution in [3.8, 4) is 11.1 Å². The Morgan fingerprint density at radius 3 is 2.04 bits per heavy atom. The van der Waals surface area contributed by atoms with Crippen LogP contribution in [-0.4, -0.2) is 0 Å². The zero-order valence-electron chi connectivity index (χ0n) is 15.3. The van der Waals surface area contributed by atoms with Crippen molar-refractivity contribution in [3.63, 3.8) is 0 Å². The molecule has 27 heavy (non-hydrogen) atoms. The van der Waals surface area contributed by atoms with E-state index in [1.54, 1.807) is 12.1 Å². The fraction of sp³-hybridized carbons (Fsp3) is 0.455. The Labute approximate surface area is 156 Å². The third kappa shape index (κ3) is 4.33. The molecule has 0 heterocycles. The van der Waals surface area contributed by atoms with Gasteiger partial charge >= 0.3 is 6.18 Å². The van der Waals surface area contributed by atoms with Crippen molar-refractivity contribution in [2.45, 2.75) is 57.5 Å². The molecule has 0 N–H and O–H groups in total. The Kier molecular flexibility index (Phi) is 5.87. The summed E-state index contributed by atoms with van der Waals surface area (Å²) < 4.78 is 66.1. The van der Waals surface area contributed by atoms with Gasteiger partial charge in [0.2, 0.25) is 0 Å². The summed E-state index contributed by atoms with van der Waals surface area (Å²) in [7, 11) is 0. The normalized spacial score (nSPS) is 20.7. The summed E-state index contributed by atoms with van der Waals surface area (Å²) in [5.74, 6) is -2.05. The largest absolute Gasteiger partial charge is 0.419 e. The monoisotopic (exact) mass is 382 g/mol. The molecular formula is C22H23F5. The van der Waals surface area contributed by atoms with Crippen molar-refractivity contribution in [1.29, 1.82) is 0 Å². The van der Waals surface area contributed by atoms with Gasteiger partial charge in [-0.05, 0) is 54.7 Å². The minimum absolute atomic E-state index is 0.154. The molecule has 0 nitrogen and oxygen atoms in total. The van der Waals surface area contributed by atoms with Crippen LogP contribution in [0.2, 0.25) is 0 Å². The summed E-state index contributed by atoms with van der Waals surface area (Å²) in [6, 6.07) is 8.68. The van der Waals surface area contributed by atoms with E-state index >= 15 is 0 Å². The lowest BCUT2D eigenvalue weighted by Gasteiger charge is -2.28. The Hall–Kier alpha value is -1.91. The highest BCUT2D eigenvalue weighted by atomic mass is 19.4. The lowest BCUT2D eigenvalue weighted by atomic mass is 9.77. The molecule has 5 heteroatoms. The van der Waals surface area contributed by atoms with Gasteiger partial charge in [-0.25, -0.2) is 8.78 Å². The Balaban J connectivity index is 1.77. The highest BCUT2D eigenvalue weighted by molar-refractivity contribution is 5.65. The van der Waals surface area contributed by atoms with E-state index in [9.17, 15) is 22.0 Å². The van der Waals surface area contributed by atoms with Gasteiger partial charge in [-0.1, -0.05) is 50.1 Å². The number of rotatable bonds is 4. The first-order valence-electron chi connectivity index (χ1n) is 9.46. The first-order chi connectivity index (χ1) is 12.8. The number of hydrogen-bond acceptors (Lipinski definition) is 0. The van der Waals surface area contributed by atoms with Gasteiger partial charge in [-0.3, -0.25) is 0 Å². The average Bonchev–Trinajstić information content (AvgIpc) is 2.64. The smallest absolute Gasteiger partial charge is 0.203 e. The van der Waals surface area contributed by atoms with E-state index in [1.807, 2.05) is 12.1 Å². The Morgan fingerprint density at radius 1 is 0.852 bits per heavy atom. The molecule has 0 aliphatic heterocycles. The van der Waals surface area contributed by atoms with Gasteiger partial charge in [-0.2, -0.15) is 13.2 Å². The van der Waals surface area contributed by atoms with Crippen LogP contribution in [0.15, 0.2) is 36.4 Å². The Bertz CT molecular complexity index is 769. The maximum Gasteiger partial charge on any atom is 0.419 e. The zero-order chi connectivity index (χ0) is 19.6. The highest BCUT2D eigenvalue weighted by Gasteiger charge is 2.36. The SMILES string of the molecule is CCCC1CCC(c2ccc(-c3ccc(C(F)(F)F)c(F)c3F)cc2)CC1. The van der Waals surface area contributed by atoms with E-state index in [0.717, 1.165) is 30.4 Å². The molecule has 146 valence electrons. The van der Waals surface area contributed by atoms with Crippen LogP contribution < -0.4 is 0 Å². The molecule has 2 aromatic rings. The highest BCUT2D eigenvalue weighted by Crippen LogP contribution is 2.39. The number of alkyl halides is 3. The van der Waals surface area contributed by atoms with Crippen LogP contribution in [0.4, 0.5) is 22.0 Å². The molecule has 0 spiro atoms. The predicted octanol–water partition coefficient (Wildman–Crippen LogP) is 7.72. The first-order valence-corrected chi connectivity index (χ1v) is 9.46. The first kappa shape index (κ1) is 19.8. The van der Waals surface area contributed by atoms with Gasteiger partial charge in [-0.15, -0.1) is 0 Å². The molecule has 0 bridgehead atoms. The fourth-order valence-electron chi connectivity index (χ4n) is 4.12. The quantitative estimate of drug-likeness (QED) is 0.475. The molecule has 0 atom stereocenters. The van der Waals surface area contributed by atoms with Crippen LogP contribution in [0.3, 0.4) is 0 Å². The molecule has 0 saturated heterocycles. The summed E-state index contributed by atoms with van der Waals surface area (Å²) in [4.78, 5) is 0. The van der Waals surface area contributed by atoms with Crippen molar-refractivity contribution in [3.05, 3.63) is 59.2 Å². The molecule has 1 aliphatic carbocycles. The molecule has 0 radical (unpaired) electrons. The van der Waals surface area contributed by atoms with E-state index in [-0.39, 0.29) is 5.56 Å². The zero-order valence-corrected chi connectivity index (χ0v) is 15.3. The summed E-state index contributed by atoms with van der Waals surface area (Å²) in [6.07, 6.45) is 2.21. The van der Waals surface area contributed by atoms with Crippen molar-refractivity contribution in [2.75, 3.05) is 0 Å². The summed E-state index contributed by atoms with van der Waals surface area (Å²) in [5, 5.41) is 0. The molecule has 1 fully saturated rings. The summed E-state index contributed by atoms with van der Waals surface area (Å²) in [5.41, 5.74) is -0.201. The molecule has 1 aliphatic rings. The standard InChI is InChI=1S/C22H23F5/c1-2-3-14-4-6-15(7-5-14)16-8-10-17(11-9-16)18-12-13-19(22(25,26)27)21(24)20(18)23/h8-15H,2-7H2,1H3. The van der Waals surface area contributed by atoms with E-state index in [0.29, 0.717) is 17.5 Å². The van der Waals surface area contributed by atoms with Crippen LogP contribution in [0.25, 0.3) is 11.1 Å².